The van der Waals surface area contributed by atoms with Crippen molar-refractivity contribution in [1.29, 1.82) is 0 Å². The molecule has 1 saturated heterocycles. The van der Waals surface area contributed by atoms with Crippen molar-refractivity contribution in [3.8, 4) is 11.5 Å². The number of rotatable bonds is 7. The molecule has 0 atom stereocenters. The molecule has 1 aliphatic heterocycles. The average molecular weight is 386 g/mol. The highest BCUT2D eigenvalue weighted by molar-refractivity contribution is 5.83. The Morgan fingerprint density at radius 2 is 1.89 bits per heavy atom. The first-order chi connectivity index (χ1) is 13.5. The molecule has 0 aromatic heterocycles. The molecule has 0 aliphatic carbocycles. The quantitative estimate of drug-likeness (QED) is 0.764. The molecule has 150 valence electrons. The molecule has 28 heavy (non-hydrogen) atoms. The zero-order chi connectivity index (χ0) is 20.0. The summed E-state index contributed by atoms with van der Waals surface area (Å²) in [5.74, 6) is 1.03. The summed E-state index contributed by atoms with van der Waals surface area (Å²) < 4.78 is 24.2. The number of piperidine rings is 1. The van der Waals surface area contributed by atoms with Gasteiger partial charge in [-0.05, 0) is 74.3 Å². The summed E-state index contributed by atoms with van der Waals surface area (Å²) in [6.45, 7) is 4.49. The van der Waals surface area contributed by atoms with Gasteiger partial charge in [0.05, 0.1) is 12.0 Å². The van der Waals surface area contributed by atoms with E-state index in [9.17, 15) is 9.18 Å². The third-order valence-corrected chi connectivity index (χ3v) is 5.20. The van der Waals surface area contributed by atoms with Crippen LogP contribution in [0.2, 0.25) is 0 Å². The summed E-state index contributed by atoms with van der Waals surface area (Å²) in [5, 5.41) is 6.36. The minimum Gasteiger partial charge on any atom is -0.457 e. The van der Waals surface area contributed by atoms with E-state index in [2.05, 4.69) is 10.6 Å². The zero-order valence-corrected chi connectivity index (χ0v) is 16.4. The lowest BCUT2D eigenvalue weighted by molar-refractivity contribution is -0.136. The molecule has 2 N–H and O–H groups in total. The maximum Gasteiger partial charge on any atom is 0.228 e. The van der Waals surface area contributed by atoms with Gasteiger partial charge in [-0.15, -0.1) is 0 Å². The Kier molecular flexibility index (Phi) is 6.65. The van der Waals surface area contributed by atoms with Gasteiger partial charge in [-0.25, -0.2) is 4.39 Å². The van der Waals surface area contributed by atoms with E-state index >= 15 is 0 Å². The summed E-state index contributed by atoms with van der Waals surface area (Å²) in [6, 6.07) is 11.7. The monoisotopic (exact) mass is 386 g/mol. The molecular weight excluding hydrogens is 359 g/mol. The van der Waals surface area contributed by atoms with Gasteiger partial charge in [0, 0.05) is 13.7 Å². The van der Waals surface area contributed by atoms with Crippen LogP contribution in [0.15, 0.2) is 42.5 Å². The van der Waals surface area contributed by atoms with Gasteiger partial charge in [0.2, 0.25) is 5.91 Å². The Morgan fingerprint density at radius 3 is 2.54 bits per heavy atom. The van der Waals surface area contributed by atoms with Gasteiger partial charge < -0.3 is 20.1 Å². The van der Waals surface area contributed by atoms with Gasteiger partial charge in [0.1, 0.15) is 17.3 Å². The highest BCUT2D eigenvalue weighted by atomic mass is 19.1. The SMILES string of the molecule is COCC1(C(=O)NCc2ccc(Oc3ccc(F)cc3)c(C)c2)CCNCC1. The molecule has 0 radical (unpaired) electrons. The average Bonchev–Trinajstić information content (AvgIpc) is 2.70. The van der Waals surface area contributed by atoms with Crippen LogP contribution >= 0.6 is 0 Å². The first-order valence-corrected chi connectivity index (χ1v) is 9.53. The predicted molar refractivity (Wildman–Crippen MR) is 106 cm³/mol. The Balaban J connectivity index is 1.62. The summed E-state index contributed by atoms with van der Waals surface area (Å²) in [7, 11) is 1.64. The normalized spacial score (nSPS) is 15.8. The smallest absolute Gasteiger partial charge is 0.228 e. The molecule has 5 nitrogen and oxygen atoms in total. The third kappa shape index (κ3) is 4.88. The van der Waals surface area contributed by atoms with Gasteiger partial charge in [0.25, 0.3) is 0 Å². The maximum absolute atomic E-state index is 13.0. The van der Waals surface area contributed by atoms with Crippen molar-refractivity contribution in [2.75, 3.05) is 26.8 Å². The molecule has 1 aliphatic rings. The molecule has 6 heteroatoms. The van der Waals surface area contributed by atoms with Crippen LogP contribution in [-0.2, 0) is 16.1 Å². The standard InChI is InChI=1S/C22H27FN2O3/c1-16-13-17(3-8-20(16)28-19-6-4-18(23)5-7-19)14-25-21(26)22(15-27-2)9-11-24-12-10-22/h3-8,13,24H,9-12,14-15H2,1-2H3,(H,25,26). The van der Waals surface area contributed by atoms with Crippen molar-refractivity contribution in [2.45, 2.75) is 26.3 Å². The molecule has 1 amide bonds. The predicted octanol–water partition coefficient (Wildman–Crippen LogP) is 3.56. The molecule has 2 aromatic carbocycles. The summed E-state index contributed by atoms with van der Waals surface area (Å²) in [6.07, 6.45) is 1.55. The Labute approximate surface area is 165 Å². The fraction of sp³-hybridized carbons (Fsp3) is 0.409. The molecule has 1 heterocycles. The third-order valence-electron chi connectivity index (χ3n) is 5.20. The number of amides is 1. The van der Waals surface area contributed by atoms with Crippen molar-refractivity contribution in [2.24, 2.45) is 5.41 Å². The van der Waals surface area contributed by atoms with Gasteiger partial charge in [-0.2, -0.15) is 0 Å². The van der Waals surface area contributed by atoms with Crippen LogP contribution in [0.3, 0.4) is 0 Å². The number of hydrogen-bond acceptors (Lipinski definition) is 4. The van der Waals surface area contributed by atoms with Crippen molar-refractivity contribution in [3.05, 3.63) is 59.4 Å². The minimum atomic E-state index is -0.458. The van der Waals surface area contributed by atoms with E-state index in [1.54, 1.807) is 19.2 Å². The van der Waals surface area contributed by atoms with E-state index in [0.717, 1.165) is 37.1 Å². The highest BCUT2D eigenvalue weighted by Gasteiger charge is 2.39. The van der Waals surface area contributed by atoms with E-state index in [4.69, 9.17) is 9.47 Å². The van der Waals surface area contributed by atoms with E-state index < -0.39 is 5.41 Å². The lowest BCUT2D eigenvalue weighted by Gasteiger charge is -2.35. The molecular formula is C22H27FN2O3. The highest BCUT2D eigenvalue weighted by Crippen LogP contribution is 2.30. The number of ether oxygens (including phenoxy) is 2. The molecule has 0 bridgehead atoms. The number of nitrogens with one attached hydrogen (secondary N) is 2. The Bertz CT molecular complexity index is 796. The van der Waals surface area contributed by atoms with Gasteiger partial charge in [-0.3, -0.25) is 4.79 Å². The lowest BCUT2D eigenvalue weighted by atomic mass is 9.78. The first kappa shape index (κ1) is 20.3. The number of methoxy groups -OCH3 is 1. The number of hydrogen-bond donors (Lipinski definition) is 2. The number of aryl methyl sites for hydroxylation is 1. The van der Waals surface area contributed by atoms with Crippen LogP contribution in [0.1, 0.15) is 24.0 Å². The Morgan fingerprint density at radius 1 is 1.18 bits per heavy atom. The largest absolute Gasteiger partial charge is 0.457 e. The molecule has 2 aromatic rings. The van der Waals surface area contributed by atoms with Gasteiger partial charge in [0.15, 0.2) is 0 Å². The van der Waals surface area contributed by atoms with Crippen molar-refractivity contribution in [3.63, 3.8) is 0 Å². The maximum atomic E-state index is 13.0. The van der Waals surface area contributed by atoms with Crippen LogP contribution < -0.4 is 15.4 Å². The first-order valence-electron chi connectivity index (χ1n) is 9.53. The second-order valence-electron chi connectivity index (χ2n) is 7.30. The van der Waals surface area contributed by atoms with Crippen LogP contribution in [0.4, 0.5) is 4.39 Å². The topological polar surface area (TPSA) is 59.6 Å². The molecule has 3 rings (SSSR count). The fourth-order valence-electron chi connectivity index (χ4n) is 3.55. The minimum absolute atomic E-state index is 0.0418. The number of carbonyl (C=O) groups excluding carboxylic acids is 1. The Hall–Kier alpha value is -2.44. The summed E-state index contributed by atoms with van der Waals surface area (Å²) >= 11 is 0. The summed E-state index contributed by atoms with van der Waals surface area (Å²) in [5.41, 5.74) is 1.49. The van der Waals surface area contributed by atoms with Crippen LogP contribution in [0.5, 0.6) is 11.5 Å². The van der Waals surface area contributed by atoms with Gasteiger partial charge in [-0.1, -0.05) is 12.1 Å². The second-order valence-corrected chi connectivity index (χ2v) is 7.30. The van der Waals surface area contributed by atoms with E-state index in [0.29, 0.717) is 24.7 Å². The van der Waals surface area contributed by atoms with E-state index in [1.165, 1.54) is 12.1 Å². The van der Waals surface area contributed by atoms with Crippen molar-refractivity contribution in [1.82, 2.24) is 10.6 Å². The van der Waals surface area contributed by atoms with Crippen LogP contribution in [0, 0.1) is 18.2 Å². The fourth-order valence-corrected chi connectivity index (χ4v) is 3.55. The second kappa shape index (κ2) is 9.17. The summed E-state index contributed by atoms with van der Waals surface area (Å²) in [4.78, 5) is 12.8. The number of carbonyl (C=O) groups is 1. The zero-order valence-electron chi connectivity index (χ0n) is 16.4. The van der Waals surface area contributed by atoms with Crippen LogP contribution in [0.25, 0.3) is 0 Å². The molecule has 0 saturated carbocycles. The van der Waals surface area contributed by atoms with Crippen molar-refractivity contribution >= 4 is 5.91 Å². The van der Waals surface area contributed by atoms with Gasteiger partial charge >= 0.3 is 0 Å². The lowest BCUT2D eigenvalue weighted by Crippen LogP contribution is -2.49. The van der Waals surface area contributed by atoms with E-state index in [-0.39, 0.29) is 11.7 Å². The molecule has 0 unspecified atom stereocenters. The molecule has 0 spiro atoms. The number of benzene rings is 2. The van der Waals surface area contributed by atoms with Crippen LogP contribution in [-0.4, -0.2) is 32.7 Å². The molecule has 1 fully saturated rings. The van der Waals surface area contributed by atoms with E-state index in [1.807, 2.05) is 25.1 Å². The van der Waals surface area contributed by atoms with Crippen molar-refractivity contribution < 1.29 is 18.7 Å². The number of halogens is 1.